The highest BCUT2D eigenvalue weighted by atomic mass is 19.1. The summed E-state index contributed by atoms with van der Waals surface area (Å²) in [5.41, 5.74) is 4.19. The Labute approximate surface area is 240 Å². The molecule has 216 valence electrons. The molecule has 0 aliphatic rings. The fraction of sp³-hybridized carbons (Fsp3) is 0.400. The van der Waals surface area contributed by atoms with Crippen LogP contribution < -0.4 is 5.32 Å². The van der Waals surface area contributed by atoms with Crippen molar-refractivity contribution in [2.45, 2.75) is 86.5 Å². The van der Waals surface area contributed by atoms with E-state index in [9.17, 15) is 14.0 Å². The monoisotopic (exact) mass is 546 g/mol. The molecule has 40 heavy (non-hydrogen) atoms. The number of carbonyl (C=O) groups is 2. The van der Waals surface area contributed by atoms with Crippen LogP contribution in [-0.4, -0.2) is 17.8 Å². The van der Waals surface area contributed by atoms with E-state index in [0.29, 0.717) is 28.9 Å². The van der Waals surface area contributed by atoms with Gasteiger partial charge in [-0.05, 0) is 49.1 Å². The van der Waals surface area contributed by atoms with Gasteiger partial charge >= 0.3 is 0 Å². The lowest BCUT2D eigenvalue weighted by atomic mass is 10.00. The average Bonchev–Trinajstić information content (AvgIpc) is 2.96. The fourth-order valence-electron chi connectivity index (χ4n) is 4.34. The Bertz CT molecular complexity index is 1210. The molecule has 0 aliphatic carbocycles. The molecule has 0 amide bonds. The van der Waals surface area contributed by atoms with Crippen molar-refractivity contribution in [1.82, 2.24) is 0 Å². The number of anilines is 2. The van der Waals surface area contributed by atoms with Crippen LogP contribution in [0.15, 0.2) is 66.7 Å². The van der Waals surface area contributed by atoms with Crippen LogP contribution in [0.1, 0.15) is 112 Å². The van der Waals surface area contributed by atoms with E-state index < -0.39 is 0 Å². The Hall–Kier alpha value is -3.60. The maximum absolute atomic E-state index is 13.1. The van der Waals surface area contributed by atoms with Crippen LogP contribution >= 0.6 is 0 Å². The van der Waals surface area contributed by atoms with E-state index >= 15 is 0 Å². The Balaban J connectivity index is 0.000000328. The molecule has 5 heteroatoms. The van der Waals surface area contributed by atoms with Gasteiger partial charge in [0, 0.05) is 40.7 Å². The van der Waals surface area contributed by atoms with Gasteiger partial charge in [0.1, 0.15) is 5.82 Å². The van der Waals surface area contributed by atoms with E-state index in [1.54, 1.807) is 30.3 Å². The minimum absolute atomic E-state index is 0.110. The number of unbranched alkanes of at least 4 members (excludes halogenated alkanes) is 1. The van der Waals surface area contributed by atoms with Crippen LogP contribution in [0.2, 0.25) is 0 Å². The third-order valence-electron chi connectivity index (χ3n) is 6.59. The largest absolute Gasteiger partial charge is 0.355 e. The van der Waals surface area contributed by atoms with Gasteiger partial charge in [0.05, 0.1) is 0 Å². The summed E-state index contributed by atoms with van der Waals surface area (Å²) in [6.45, 7) is 12.3. The Morgan fingerprint density at radius 3 is 2.15 bits per heavy atom. The van der Waals surface area contributed by atoms with Crippen LogP contribution in [0.3, 0.4) is 0 Å². The van der Waals surface area contributed by atoms with Gasteiger partial charge in [-0.15, -0.1) is 0 Å². The van der Waals surface area contributed by atoms with E-state index in [-0.39, 0.29) is 17.4 Å². The smallest absolute Gasteiger partial charge is 0.162 e. The van der Waals surface area contributed by atoms with Crippen LogP contribution in [0.4, 0.5) is 15.8 Å². The molecular formula is C35H47FN2O2. The van der Waals surface area contributed by atoms with Gasteiger partial charge in [0.25, 0.3) is 0 Å². The second kappa shape index (κ2) is 19.5. The number of Topliss-reactive ketones (excluding diaryl/α,β-unsaturated/α-hetero) is 2. The number of ketones is 2. The van der Waals surface area contributed by atoms with Crippen molar-refractivity contribution in [1.29, 1.82) is 5.41 Å². The molecule has 1 atom stereocenters. The van der Waals surface area contributed by atoms with Crippen LogP contribution in [0.25, 0.3) is 0 Å². The number of carbonyl (C=O) groups excluding carboxylic acids is 2. The van der Waals surface area contributed by atoms with E-state index in [1.807, 2.05) is 31.2 Å². The summed E-state index contributed by atoms with van der Waals surface area (Å²) < 4.78 is 13.1. The molecule has 0 fully saturated rings. The molecule has 4 nitrogen and oxygen atoms in total. The highest BCUT2D eigenvalue weighted by Gasteiger charge is 2.10. The summed E-state index contributed by atoms with van der Waals surface area (Å²) in [5.74, 6) is 0.757. The van der Waals surface area contributed by atoms with E-state index in [1.165, 1.54) is 51.2 Å². The first kappa shape index (κ1) is 34.4. The molecule has 0 bridgehead atoms. The van der Waals surface area contributed by atoms with Gasteiger partial charge in [-0.3, -0.25) is 9.59 Å². The SMILES string of the molecule is CC(=O)c1cccc(Nc2cccc(F)c2)c1C=N.CCC(=O)c1ccccc1CC.CCCCC(C)CCC. The zero-order valence-corrected chi connectivity index (χ0v) is 25.1. The number of hydrogen-bond acceptors (Lipinski definition) is 4. The summed E-state index contributed by atoms with van der Waals surface area (Å²) in [7, 11) is 0. The molecule has 0 heterocycles. The van der Waals surface area contributed by atoms with Gasteiger partial charge in [0.2, 0.25) is 0 Å². The van der Waals surface area contributed by atoms with Crippen molar-refractivity contribution in [3.63, 3.8) is 0 Å². The first-order valence-electron chi connectivity index (χ1n) is 14.5. The standard InChI is InChI=1S/C15H13FN2O.C11H14O.C9H20/c1-10(19)13-6-3-7-15(14(13)9-17)18-12-5-2-4-11(16)8-12;1-3-9-7-5-6-8-10(9)11(12)4-2;1-4-6-8-9(3)7-5-2/h2-9,17-18H,1H3;5-8H,3-4H2,1-2H3;9H,4-8H2,1-3H3. The van der Waals surface area contributed by atoms with Crippen LogP contribution in [0.5, 0.6) is 0 Å². The minimum atomic E-state index is -0.343. The van der Waals surface area contributed by atoms with Gasteiger partial charge in [-0.1, -0.05) is 109 Å². The number of aryl methyl sites for hydroxylation is 1. The van der Waals surface area contributed by atoms with Gasteiger partial charge in [0.15, 0.2) is 11.6 Å². The van der Waals surface area contributed by atoms with E-state index in [4.69, 9.17) is 5.41 Å². The first-order valence-corrected chi connectivity index (χ1v) is 14.5. The Morgan fingerprint density at radius 1 is 0.900 bits per heavy atom. The first-order chi connectivity index (χ1) is 19.2. The van der Waals surface area contributed by atoms with Gasteiger partial charge in [-0.25, -0.2) is 4.39 Å². The summed E-state index contributed by atoms with van der Waals surface area (Å²) in [6.07, 6.45) is 9.63. The van der Waals surface area contributed by atoms with Crippen molar-refractivity contribution in [3.8, 4) is 0 Å². The van der Waals surface area contributed by atoms with Gasteiger partial charge < -0.3 is 10.7 Å². The molecule has 2 N–H and O–H groups in total. The number of hydrogen-bond donors (Lipinski definition) is 2. The summed E-state index contributed by atoms with van der Waals surface area (Å²) in [5, 5.41) is 10.5. The van der Waals surface area contributed by atoms with E-state index in [0.717, 1.165) is 29.7 Å². The second-order valence-electron chi connectivity index (χ2n) is 9.93. The topological polar surface area (TPSA) is 70.0 Å². The zero-order chi connectivity index (χ0) is 29.9. The van der Waals surface area contributed by atoms with Crippen molar-refractivity contribution < 1.29 is 14.0 Å². The molecule has 3 aromatic rings. The number of halogens is 1. The maximum atomic E-state index is 13.1. The molecule has 0 aliphatic heterocycles. The lowest BCUT2D eigenvalue weighted by Gasteiger charge is -2.12. The molecule has 1 unspecified atom stereocenters. The van der Waals surface area contributed by atoms with Crippen LogP contribution in [-0.2, 0) is 6.42 Å². The van der Waals surface area contributed by atoms with Crippen molar-refractivity contribution in [3.05, 3.63) is 94.8 Å². The molecule has 0 saturated carbocycles. The maximum Gasteiger partial charge on any atom is 0.162 e. The minimum Gasteiger partial charge on any atom is -0.355 e. The molecule has 0 spiro atoms. The quantitative estimate of drug-likeness (QED) is 0.175. The van der Waals surface area contributed by atoms with E-state index in [2.05, 4.69) is 33.0 Å². The Morgan fingerprint density at radius 2 is 1.57 bits per heavy atom. The summed E-state index contributed by atoms with van der Waals surface area (Å²) in [4.78, 5) is 22.9. The number of rotatable bonds is 12. The average molecular weight is 547 g/mol. The third kappa shape index (κ3) is 12.1. The molecule has 0 aromatic heterocycles. The number of benzene rings is 3. The van der Waals surface area contributed by atoms with Crippen LogP contribution in [0, 0.1) is 17.1 Å². The Kier molecular flexibility index (Phi) is 16.7. The molecule has 0 radical (unpaired) electrons. The predicted octanol–water partition coefficient (Wildman–Crippen LogP) is 10.2. The molecular weight excluding hydrogens is 499 g/mol. The fourth-order valence-corrected chi connectivity index (χ4v) is 4.34. The summed E-state index contributed by atoms with van der Waals surface area (Å²) in [6, 6.07) is 19.0. The molecule has 3 rings (SSSR count). The van der Waals surface area contributed by atoms with Crippen molar-refractivity contribution >= 4 is 29.2 Å². The van der Waals surface area contributed by atoms with Crippen molar-refractivity contribution in [2.24, 2.45) is 5.92 Å². The normalized spacial score (nSPS) is 10.8. The highest BCUT2D eigenvalue weighted by molar-refractivity contribution is 6.05. The summed E-state index contributed by atoms with van der Waals surface area (Å²) >= 11 is 0. The van der Waals surface area contributed by atoms with Gasteiger partial charge in [-0.2, -0.15) is 0 Å². The lowest BCUT2D eigenvalue weighted by molar-refractivity contribution is 0.0985. The number of nitrogens with one attached hydrogen (secondary N) is 2. The molecule has 3 aromatic carbocycles. The van der Waals surface area contributed by atoms with Crippen molar-refractivity contribution in [2.75, 3.05) is 5.32 Å². The highest BCUT2D eigenvalue weighted by Crippen LogP contribution is 2.23. The predicted molar refractivity (Wildman–Crippen MR) is 168 cm³/mol. The second-order valence-corrected chi connectivity index (χ2v) is 9.93. The molecule has 0 saturated heterocycles. The zero-order valence-electron chi connectivity index (χ0n) is 25.1. The third-order valence-corrected chi connectivity index (χ3v) is 6.59. The lowest BCUT2D eigenvalue weighted by Crippen LogP contribution is -2.03.